The summed E-state index contributed by atoms with van der Waals surface area (Å²) < 4.78 is 18.9. The summed E-state index contributed by atoms with van der Waals surface area (Å²) in [6, 6.07) is 8.98. The molecular formula is C20H20N4O4S. The van der Waals surface area contributed by atoms with Crippen molar-refractivity contribution in [1.82, 2.24) is 14.8 Å². The molecule has 0 spiro atoms. The molecule has 0 aliphatic rings. The minimum absolute atomic E-state index is 0.228. The molecule has 3 heterocycles. The van der Waals surface area contributed by atoms with Gasteiger partial charge in [-0.2, -0.15) is 5.10 Å². The minimum atomic E-state index is -0.262. The molecule has 0 aliphatic heterocycles. The predicted octanol–water partition coefficient (Wildman–Crippen LogP) is 3.80. The first kappa shape index (κ1) is 19.0. The van der Waals surface area contributed by atoms with Crippen LogP contribution in [0.25, 0.3) is 10.2 Å². The van der Waals surface area contributed by atoms with Gasteiger partial charge in [-0.05, 0) is 37.3 Å². The van der Waals surface area contributed by atoms with Crippen LogP contribution in [0.1, 0.15) is 21.9 Å². The van der Waals surface area contributed by atoms with E-state index in [1.54, 1.807) is 55.3 Å². The summed E-state index contributed by atoms with van der Waals surface area (Å²) in [4.78, 5) is 19.6. The highest BCUT2D eigenvalue weighted by Gasteiger charge is 2.26. The Morgan fingerprint density at radius 1 is 1.24 bits per heavy atom. The van der Waals surface area contributed by atoms with Crippen LogP contribution in [0.15, 0.2) is 41.0 Å². The number of carbonyl (C=O) groups is 1. The van der Waals surface area contributed by atoms with Gasteiger partial charge in [-0.1, -0.05) is 11.3 Å². The summed E-state index contributed by atoms with van der Waals surface area (Å²) >= 11 is 1.35. The van der Waals surface area contributed by atoms with Crippen molar-refractivity contribution in [2.75, 3.05) is 19.1 Å². The Bertz CT molecular complexity index is 1100. The van der Waals surface area contributed by atoms with Gasteiger partial charge in [-0.25, -0.2) is 4.98 Å². The second-order valence-electron chi connectivity index (χ2n) is 6.41. The second kappa shape index (κ2) is 7.59. The molecule has 0 bridgehead atoms. The van der Waals surface area contributed by atoms with E-state index in [0.717, 1.165) is 10.4 Å². The van der Waals surface area contributed by atoms with E-state index in [1.165, 1.54) is 11.3 Å². The van der Waals surface area contributed by atoms with Crippen LogP contribution in [-0.4, -0.2) is 34.9 Å². The zero-order valence-corrected chi connectivity index (χ0v) is 17.3. The summed E-state index contributed by atoms with van der Waals surface area (Å²) in [5, 5.41) is 4.84. The van der Waals surface area contributed by atoms with Crippen LogP contribution >= 0.6 is 11.3 Å². The normalized spacial score (nSPS) is 11.0. The maximum Gasteiger partial charge on any atom is 0.280 e. The number of furan rings is 1. The van der Waals surface area contributed by atoms with Crippen LogP contribution in [0, 0.1) is 6.92 Å². The Hall–Kier alpha value is -3.33. The van der Waals surface area contributed by atoms with Crippen molar-refractivity contribution in [1.29, 1.82) is 0 Å². The quantitative estimate of drug-likeness (QED) is 0.479. The monoisotopic (exact) mass is 412 g/mol. The van der Waals surface area contributed by atoms with E-state index < -0.39 is 0 Å². The first-order valence-electron chi connectivity index (χ1n) is 8.88. The Kier molecular flexibility index (Phi) is 4.98. The maximum atomic E-state index is 13.3. The molecule has 150 valence electrons. The fourth-order valence-corrected chi connectivity index (χ4v) is 4.05. The Morgan fingerprint density at radius 2 is 2.00 bits per heavy atom. The number of hydrogen-bond acceptors (Lipinski definition) is 7. The molecule has 0 atom stereocenters. The summed E-state index contributed by atoms with van der Waals surface area (Å²) in [6.07, 6.45) is 1.58. The van der Waals surface area contributed by atoms with Gasteiger partial charge in [0.15, 0.2) is 10.8 Å². The molecule has 0 unspecified atom stereocenters. The predicted molar refractivity (Wildman–Crippen MR) is 110 cm³/mol. The number of ether oxygens (including phenoxy) is 2. The van der Waals surface area contributed by atoms with Crippen molar-refractivity contribution < 1.29 is 18.7 Å². The summed E-state index contributed by atoms with van der Waals surface area (Å²) in [5.41, 5.74) is 1.87. The number of anilines is 1. The third-order valence-corrected chi connectivity index (χ3v) is 5.69. The van der Waals surface area contributed by atoms with E-state index in [1.807, 2.05) is 19.1 Å². The molecule has 0 aliphatic carbocycles. The van der Waals surface area contributed by atoms with Crippen molar-refractivity contribution in [3.63, 3.8) is 0 Å². The van der Waals surface area contributed by atoms with E-state index >= 15 is 0 Å². The average molecular weight is 412 g/mol. The molecule has 1 amide bonds. The number of fused-ring (bicyclic) bond motifs is 1. The van der Waals surface area contributed by atoms with E-state index in [9.17, 15) is 4.79 Å². The molecule has 0 fully saturated rings. The molecular weight excluding hydrogens is 392 g/mol. The highest BCUT2D eigenvalue weighted by atomic mass is 32.1. The van der Waals surface area contributed by atoms with Gasteiger partial charge in [-0.3, -0.25) is 14.4 Å². The molecule has 1 aromatic carbocycles. The van der Waals surface area contributed by atoms with Gasteiger partial charge in [0.2, 0.25) is 0 Å². The fraction of sp³-hybridized carbons (Fsp3) is 0.250. The number of thiazole rings is 1. The lowest BCUT2D eigenvalue weighted by molar-refractivity contribution is 0.0977. The van der Waals surface area contributed by atoms with Gasteiger partial charge in [0, 0.05) is 12.7 Å². The molecule has 3 aromatic heterocycles. The third-order valence-electron chi connectivity index (χ3n) is 4.60. The highest BCUT2D eigenvalue weighted by Crippen LogP contribution is 2.40. The molecule has 4 aromatic rings. The zero-order valence-electron chi connectivity index (χ0n) is 16.5. The van der Waals surface area contributed by atoms with Gasteiger partial charge in [-0.15, -0.1) is 0 Å². The van der Waals surface area contributed by atoms with E-state index in [4.69, 9.17) is 18.9 Å². The van der Waals surface area contributed by atoms with Crippen LogP contribution in [-0.2, 0) is 13.6 Å². The molecule has 0 saturated heterocycles. The molecule has 9 heteroatoms. The number of amides is 1. The fourth-order valence-electron chi connectivity index (χ4n) is 2.98. The summed E-state index contributed by atoms with van der Waals surface area (Å²) in [7, 11) is 4.99. The average Bonchev–Trinajstić information content (AvgIpc) is 3.45. The highest BCUT2D eigenvalue weighted by molar-refractivity contribution is 7.22. The zero-order chi connectivity index (χ0) is 20.5. The summed E-state index contributed by atoms with van der Waals surface area (Å²) in [6.45, 7) is 2.12. The lowest BCUT2D eigenvalue weighted by Crippen LogP contribution is -2.30. The van der Waals surface area contributed by atoms with Crippen molar-refractivity contribution in [3.05, 3.63) is 53.7 Å². The van der Waals surface area contributed by atoms with Crippen molar-refractivity contribution in [3.8, 4) is 11.5 Å². The van der Waals surface area contributed by atoms with Crippen LogP contribution < -0.4 is 14.4 Å². The SMILES string of the molecule is COc1ccc(OC)c2sc(N(Cc3ccco3)C(=O)c3cc(C)n(C)n3)nc12. The lowest BCUT2D eigenvalue weighted by Gasteiger charge is -2.17. The van der Waals surface area contributed by atoms with Gasteiger partial charge >= 0.3 is 0 Å². The molecule has 0 radical (unpaired) electrons. The van der Waals surface area contributed by atoms with E-state index in [2.05, 4.69) is 5.10 Å². The van der Waals surface area contributed by atoms with Gasteiger partial charge in [0.1, 0.15) is 27.5 Å². The number of aromatic nitrogens is 3. The van der Waals surface area contributed by atoms with Crippen molar-refractivity contribution in [2.45, 2.75) is 13.5 Å². The number of carbonyl (C=O) groups excluding carboxylic acids is 1. The molecule has 0 saturated carbocycles. The van der Waals surface area contributed by atoms with Crippen LogP contribution in [0.5, 0.6) is 11.5 Å². The van der Waals surface area contributed by atoms with Gasteiger partial charge < -0.3 is 13.9 Å². The smallest absolute Gasteiger partial charge is 0.280 e. The first-order chi connectivity index (χ1) is 14.0. The van der Waals surface area contributed by atoms with E-state index in [-0.39, 0.29) is 12.5 Å². The van der Waals surface area contributed by atoms with Crippen molar-refractivity contribution >= 4 is 32.6 Å². The molecule has 4 rings (SSSR count). The van der Waals surface area contributed by atoms with Crippen LogP contribution in [0.4, 0.5) is 5.13 Å². The molecule has 29 heavy (non-hydrogen) atoms. The lowest BCUT2D eigenvalue weighted by atomic mass is 10.3. The molecule has 8 nitrogen and oxygen atoms in total. The maximum absolute atomic E-state index is 13.3. The standard InChI is InChI=1S/C20H20N4O4S/c1-12-10-14(22-23(12)2)19(25)24(11-13-6-5-9-28-13)20-21-17-15(26-3)7-8-16(27-4)18(17)29-20/h5-10H,11H2,1-4H3. The third kappa shape index (κ3) is 3.44. The first-order valence-corrected chi connectivity index (χ1v) is 9.70. The molecule has 0 N–H and O–H groups in total. The Morgan fingerprint density at radius 3 is 2.62 bits per heavy atom. The summed E-state index contributed by atoms with van der Waals surface area (Å²) in [5.74, 6) is 1.66. The Labute approximate surface area is 171 Å². The Balaban J connectivity index is 1.83. The van der Waals surface area contributed by atoms with Crippen LogP contribution in [0.2, 0.25) is 0 Å². The number of rotatable bonds is 6. The number of aryl methyl sites for hydroxylation is 2. The van der Waals surface area contributed by atoms with Crippen LogP contribution in [0.3, 0.4) is 0 Å². The largest absolute Gasteiger partial charge is 0.495 e. The number of hydrogen-bond donors (Lipinski definition) is 0. The van der Waals surface area contributed by atoms with Crippen molar-refractivity contribution in [2.24, 2.45) is 7.05 Å². The second-order valence-corrected chi connectivity index (χ2v) is 7.39. The number of methoxy groups -OCH3 is 2. The number of benzene rings is 1. The van der Waals surface area contributed by atoms with Gasteiger partial charge in [0.05, 0.1) is 27.0 Å². The topological polar surface area (TPSA) is 82.6 Å². The van der Waals surface area contributed by atoms with Gasteiger partial charge in [0.25, 0.3) is 5.91 Å². The number of nitrogens with zero attached hydrogens (tertiary/aromatic N) is 4. The van der Waals surface area contributed by atoms with E-state index in [0.29, 0.717) is 33.6 Å². The minimum Gasteiger partial charge on any atom is -0.495 e.